The second-order valence-corrected chi connectivity index (χ2v) is 12.7. The first-order chi connectivity index (χ1) is 16.3. The molecular weight excluding hydrogens is 440 g/mol. The van der Waals surface area contributed by atoms with Gasteiger partial charge in [-0.15, -0.1) is 11.3 Å². The van der Waals surface area contributed by atoms with Crippen LogP contribution in [0.2, 0.25) is 0 Å². The van der Waals surface area contributed by atoms with Gasteiger partial charge >= 0.3 is 0 Å². The Morgan fingerprint density at radius 3 is 2.47 bits per heavy atom. The highest BCUT2D eigenvalue weighted by molar-refractivity contribution is 7.17. The van der Waals surface area contributed by atoms with Gasteiger partial charge in [0.2, 0.25) is 0 Å². The Balaban J connectivity index is 1.55. The Morgan fingerprint density at radius 2 is 1.85 bits per heavy atom. The Morgan fingerprint density at radius 1 is 1.12 bits per heavy atom. The zero-order valence-corrected chi connectivity index (χ0v) is 22.2. The van der Waals surface area contributed by atoms with Crippen LogP contribution in [0.3, 0.4) is 0 Å². The maximum Gasteiger partial charge on any atom is 0.280 e. The van der Waals surface area contributed by atoms with Gasteiger partial charge in [0, 0.05) is 13.2 Å². The molecule has 0 spiro atoms. The van der Waals surface area contributed by atoms with Crippen LogP contribution in [0.1, 0.15) is 112 Å². The van der Waals surface area contributed by atoms with Crippen LogP contribution in [0.15, 0.2) is 18.2 Å². The van der Waals surface area contributed by atoms with Crippen molar-refractivity contribution in [2.75, 3.05) is 7.11 Å². The van der Waals surface area contributed by atoms with Gasteiger partial charge < -0.3 is 10.1 Å². The molecular formula is C29H40N2O2S. The average Bonchev–Trinajstić information content (AvgIpc) is 3.43. The third kappa shape index (κ3) is 4.97. The first-order valence-corrected chi connectivity index (χ1v) is 14.1. The molecule has 3 aliphatic carbocycles. The van der Waals surface area contributed by atoms with E-state index in [0.717, 1.165) is 25.0 Å². The molecule has 1 aromatic heterocycles. The Kier molecular flexibility index (Phi) is 6.62. The molecule has 0 saturated heterocycles. The van der Waals surface area contributed by atoms with Crippen molar-refractivity contribution in [3.63, 3.8) is 0 Å². The summed E-state index contributed by atoms with van der Waals surface area (Å²) in [6.07, 6.45) is 13.4. The monoisotopic (exact) mass is 480 g/mol. The summed E-state index contributed by atoms with van der Waals surface area (Å²) in [4.78, 5) is 19.2. The number of nitrogens with one attached hydrogen (secondary N) is 1. The van der Waals surface area contributed by atoms with Gasteiger partial charge in [-0.3, -0.25) is 4.79 Å². The second-order valence-electron chi connectivity index (χ2n) is 11.7. The molecule has 0 atom stereocenters. The molecule has 2 aromatic rings. The first kappa shape index (κ1) is 24.0. The van der Waals surface area contributed by atoms with Crippen LogP contribution in [-0.2, 0) is 22.2 Å². The third-order valence-corrected chi connectivity index (χ3v) is 9.78. The summed E-state index contributed by atoms with van der Waals surface area (Å²) in [5, 5.41) is 3.84. The fourth-order valence-electron chi connectivity index (χ4n) is 5.33. The van der Waals surface area contributed by atoms with E-state index in [0.29, 0.717) is 17.0 Å². The average molecular weight is 481 g/mol. The minimum atomic E-state index is -0.366. The molecule has 4 nitrogen and oxygen atoms in total. The van der Waals surface area contributed by atoms with Gasteiger partial charge in [-0.05, 0) is 92.5 Å². The van der Waals surface area contributed by atoms with Crippen LogP contribution >= 0.6 is 11.3 Å². The predicted molar refractivity (Wildman–Crippen MR) is 140 cm³/mol. The molecule has 1 N–H and O–H groups in total. The predicted octanol–water partition coefficient (Wildman–Crippen LogP) is 7.15. The fourth-order valence-corrected chi connectivity index (χ4v) is 6.31. The Hall–Kier alpha value is -1.72. The number of nitrogens with zero attached hydrogens (tertiary/aromatic N) is 1. The summed E-state index contributed by atoms with van der Waals surface area (Å²) in [6, 6.07) is 7.32. The molecule has 1 aromatic carbocycles. The fraction of sp³-hybridized carbons (Fsp3) is 0.655. The summed E-state index contributed by atoms with van der Waals surface area (Å²) in [5.41, 5.74) is 4.81. The summed E-state index contributed by atoms with van der Waals surface area (Å²) >= 11 is 1.59. The van der Waals surface area contributed by atoms with E-state index in [2.05, 4.69) is 44.3 Å². The van der Waals surface area contributed by atoms with Crippen molar-refractivity contribution in [2.24, 2.45) is 5.92 Å². The Bertz CT molecular complexity index is 1040. The zero-order valence-electron chi connectivity index (χ0n) is 21.3. The number of rotatable bonds is 8. The van der Waals surface area contributed by atoms with E-state index < -0.39 is 0 Å². The molecule has 5 heteroatoms. The summed E-state index contributed by atoms with van der Waals surface area (Å²) in [7, 11) is 1.79. The first-order valence-electron chi connectivity index (χ1n) is 13.3. The minimum Gasteiger partial charge on any atom is -0.374 e. The maximum atomic E-state index is 13.1. The normalized spacial score (nSPS) is 20.7. The molecule has 184 valence electrons. The van der Waals surface area contributed by atoms with Gasteiger partial charge in [-0.25, -0.2) is 4.98 Å². The van der Waals surface area contributed by atoms with Crippen molar-refractivity contribution >= 4 is 17.2 Å². The molecule has 0 aliphatic heterocycles. The van der Waals surface area contributed by atoms with Gasteiger partial charge in [0.25, 0.3) is 5.91 Å². The van der Waals surface area contributed by atoms with Crippen molar-refractivity contribution in [3.8, 4) is 10.4 Å². The van der Waals surface area contributed by atoms with E-state index in [1.807, 2.05) is 0 Å². The highest BCUT2D eigenvalue weighted by atomic mass is 32.1. The molecule has 3 saturated carbocycles. The van der Waals surface area contributed by atoms with Crippen molar-refractivity contribution < 1.29 is 9.53 Å². The lowest BCUT2D eigenvalue weighted by Gasteiger charge is -2.26. The molecule has 5 rings (SSSR count). The van der Waals surface area contributed by atoms with Gasteiger partial charge in [-0.2, -0.15) is 0 Å². The lowest BCUT2D eigenvalue weighted by atomic mass is 9.85. The van der Waals surface area contributed by atoms with Crippen LogP contribution in [0, 0.1) is 5.92 Å². The van der Waals surface area contributed by atoms with Crippen LogP contribution in [0.25, 0.3) is 10.4 Å². The van der Waals surface area contributed by atoms with E-state index in [1.165, 1.54) is 72.9 Å². The van der Waals surface area contributed by atoms with Crippen LogP contribution in [0.4, 0.5) is 0 Å². The van der Waals surface area contributed by atoms with Gasteiger partial charge in [0.15, 0.2) is 5.01 Å². The number of aromatic nitrogens is 1. The van der Waals surface area contributed by atoms with Gasteiger partial charge in [-0.1, -0.05) is 45.1 Å². The van der Waals surface area contributed by atoms with Crippen molar-refractivity contribution in [3.05, 3.63) is 40.0 Å². The summed E-state index contributed by atoms with van der Waals surface area (Å²) in [5.74, 6) is 0.685. The smallest absolute Gasteiger partial charge is 0.280 e. The molecule has 3 aliphatic rings. The standard InChI is InChI=1S/C29H40N2O2S/c1-28(2,33-4)21-16-20(17-22(18-21)29(3)13-14-29)25-24(15-19-9-6-5-7-10-19)31-27(34-25)26(32)30-23-11-8-12-23/h16-19,23H,5-15H2,1-4H3,(H,30,32). The highest BCUT2D eigenvalue weighted by Crippen LogP contribution is 2.50. The molecule has 1 heterocycles. The summed E-state index contributed by atoms with van der Waals surface area (Å²) in [6.45, 7) is 6.64. The topological polar surface area (TPSA) is 51.2 Å². The lowest BCUT2D eigenvalue weighted by Crippen LogP contribution is -2.39. The quantitative estimate of drug-likeness (QED) is 0.436. The van der Waals surface area contributed by atoms with E-state index in [4.69, 9.17) is 9.72 Å². The van der Waals surface area contributed by atoms with E-state index in [-0.39, 0.29) is 16.9 Å². The van der Waals surface area contributed by atoms with Crippen LogP contribution in [-0.4, -0.2) is 24.0 Å². The number of hydrogen-bond donors (Lipinski definition) is 1. The largest absolute Gasteiger partial charge is 0.374 e. The molecule has 0 bridgehead atoms. The van der Waals surface area contributed by atoms with Crippen molar-refractivity contribution in [2.45, 2.75) is 108 Å². The summed E-state index contributed by atoms with van der Waals surface area (Å²) < 4.78 is 5.88. The molecule has 1 amide bonds. The van der Waals surface area contributed by atoms with E-state index in [9.17, 15) is 4.79 Å². The Labute approximate surface area is 208 Å². The molecule has 34 heavy (non-hydrogen) atoms. The van der Waals surface area contributed by atoms with Crippen molar-refractivity contribution in [1.29, 1.82) is 0 Å². The van der Waals surface area contributed by atoms with Crippen molar-refractivity contribution in [1.82, 2.24) is 10.3 Å². The van der Waals surface area contributed by atoms with Crippen LogP contribution < -0.4 is 5.32 Å². The molecule has 0 radical (unpaired) electrons. The minimum absolute atomic E-state index is 0.00796. The van der Waals surface area contributed by atoms with Gasteiger partial charge in [0.1, 0.15) is 0 Å². The van der Waals surface area contributed by atoms with E-state index >= 15 is 0 Å². The number of carbonyl (C=O) groups excluding carboxylic acids is 1. The molecule has 0 unspecified atom stereocenters. The molecule has 3 fully saturated rings. The maximum absolute atomic E-state index is 13.1. The zero-order chi connectivity index (χ0) is 23.9. The van der Waals surface area contributed by atoms with E-state index in [1.54, 1.807) is 18.4 Å². The number of amides is 1. The third-order valence-electron chi connectivity index (χ3n) is 8.64. The SMILES string of the molecule is COC(C)(C)c1cc(-c2sc(C(=O)NC3CCC3)nc2CC2CCCCC2)cc(C2(C)CC2)c1. The number of carbonyl (C=O) groups is 1. The lowest BCUT2D eigenvalue weighted by molar-refractivity contribution is 0.0192. The number of ether oxygens (including phenoxy) is 1. The number of methoxy groups -OCH3 is 1. The number of thiazole rings is 1. The highest BCUT2D eigenvalue weighted by Gasteiger charge is 2.40. The second kappa shape index (κ2) is 9.39. The number of benzene rings is 1. The van der Waals surface area contributed by atoms with Crippen LogP contribution in [0.5, 0.6) is 0 Å². The number of hydrogen-bond acceptors (Lipinski definition) is 4. The van der Waals surface area contributed by atoms with Gasteiger partial charge in [0.05, 0.1) is 16.2 Å².